The van der Waals surface area contributed by atoms with Crippen LogP contribution < -0.4 is 14.2 Å². The Balaban J connectivity index is 2.37. The molecule has 0 spiro atoms. The van der Waals surface area contributed by atoms with Crippen molar-refractivity contribution in [1.82, 2.24) is 0 Å². The zero-order valence-corrected chi connectivity index (χ0v) is 18.8. The second-order valence-corrected chi connectivity index (χ2v) is 7.18. The lowest BCUT2D eigenvalue weighted by Gasteiger charge is -2.17. The molecule has 0 atom stereocenters. The molecule has 0 saturated heterocycles. The van der Waals surface area contributed by atoms with Gasteiger partial charge in [0.1, 0.15) is 17.2 Å². The van der Waals surface area contributed by atoms with Gasteiger partial charge in [-0.15, -0.1) is 6.58 Å². The molecule has 0 heterocycles. The van der Waals surface area contributed by atoms with Crippen LogP contribution in [0.15, 0.2) is 67.5 Å². The Labute approximate surface area is 185 Å². The van der Waals surface area contributed by atoms with E-state index in [1.165, 1.54) is 0 Å². The van der Waals surface area contributed by atoms with Gasteiger partial charge in [0.2, 0.25) is 0 Å². The highest BCUT2D eigenvalue weighted by Crippen LogP contribution is 2.35. The molecule has 4 nitrogen and oxygen atoms in total. The van der Waals surface area contributed by atoms with E-state index in [-0.39, 0.29) is 5.78 Å². The minimum atomic E-state index is -0.112. The largest absolute Gasteiger partial charge is 0.493 e. The molecule has 2 rings (SSSR count). The summed E-state index contributed by atoms with van der Waals surface area (Å²) < 4.78 is 17.5. The van der Waals surface area contributed by atoms with E-state index in [0.717, 1.165) is 29.7 Å². The van der Waals surface area contributed by atoms with Gasteiger partial charge in [-0.1, -0.05) is 32.6 Å². The van der Waals surface area contributed by atoms with Crippen LogP contribution in [0.3, 0.4) is 0 Å². The summed E-state index contributed by atoms with van der Waals surface area (Å²) in [7, 11) is 0. The fourth-order valence-corrected chi connectivity index (χ4v) is 2.96. The molecule has 0 N–H and O–H groups in total. The van der Waals surface area contributed by atoms with Gasteiger partial charge >= 0.3 is 0 Å². The third-order valence-electron chi connectivity index (χ3n) is 4.35. The lowest BCUT2D eigenvalue weighted by molar-refractivity contribution is 0.104. The van der Waals surface area contributed by atoms with Crippen LogP contribution in [-0.2, 0) is 6.42 Å². The summed E-state index contributed by atoms with van der Waals surface area (Å²) in [4.78, 5) is 12.8. The number of ether oxygens (including phenoxy) is 3. The van der Waals surface area contributed by atoms with Crippen LogP contribution in [0.5, 0.6) is 17.2 Å². The van der Waals surface area contributed by atoms with E-state index in [1.54, 1.807) is 43.3 Å². The van der Waals surface area contributed by atoms with Crippen LogP contribution in [0.25, 0.3) is 6.08 Å². The van der Waals surface area contributed by atoms with Gasteiger partial charge in [0.05, 0.1) is 24.5 Å². The Bertz CT molecular complexity index is 923. The van der Waals surface area contributed by atoms with Crippen molar-refractivity contribution >= 4 is 11.9 Å². The molecule has 0 aliphatic rings. The number of rotatable bonds is 13. The first kappa shape index (κ1) is 24.0. The normalized spacial score (nSPS) is 10.7. The first-order valence-electron chi connectivity index (χ1n) is 10.7. The molecular weight excluding hydrogens is 388 g/mol. The van der Waals surface area contributed by atoms with Crippen molar-refractivity contribution in [1.29, 1.82) is 0 Å². The third-order valence-corrected chi connectivity index (χ3v) is 4.35. The molecular formula is C27H32O4. The smallest absolute Gasteiger partial charge is 0.185 e. The number of carbonyl (C=O) groups is 1. The van der Waals surface area contributed by atoms with Crippen molar-refractivity contribution in [2.75, 3.05) is 13.2 Å². The average molecular weight is 421 g/mol. The predicted octanol–water partition coefficient (Wildman–Crippen LogP) is 6.80. The molecule has 4 heteroatoms. The maximum Gasteiger partial charge on any atom is 0.185 e. The van der Waals surface area contributed by atoms with Gasteiger partial charge in [-0.2, -0.15) is 0 Å². The Hall–Kier alpha value is -3.27. The zero-order chi connectivity index (χ0) is 22.6. The van der Waals surface area contributed by atoms with E-state index in [0.29, 0.717) is 42.5 Å². The number of carbonyl (C=O) groups excluding carboxylic acids is 1. The molecule has 0 saturated carbocycles. The highest BCUT2D eigenvalue weighted by Gasteiger charge is 2.14. The molecule has 0 aliphatic carbocycles. The van der Waals surface area contributed by atoms with Crippen LogP contribution in [0.1, 0.15) is 55.1 Å². The Morgan fingerprint density at radius 1 is 1.00 bits per heavy atom. The SMILES string of the molecule is C=CCc1ccc(OCCC)c(/C=C/C(=O)c2ccc(OC(=C)C)cc2)c1OCCC. The topological polar surface area (TPSA) is 44.8 Å². The van der Waals surface area contributed by atoms with Crippen LogP contribution >= 0.6 is 0 Å². The average Bonchev–Trinajstić information content (AvgIpc) is 2.76. The summed E-state index contributed by atoms with van der Waals surface area (Å²) in [5.41, 5.74) is 2.36. The fourth-order valence-electron chi connectivity index (χ4n) is 2.96. The van der Waals surface area contributed by atoms with Crippen molar-refractivity contribution in [3.63, 3.8) is 0 Å². The van der Waals surface area contributed by atoms with Crippen molar-refractivity contribution in [3.8, 4) is 17.2 Å². The van der Waals surface area contributed by atoms with Crippen LogP contribution in [0, 0.1) is 0 Å². The van der Waals surface area contributed by atoms with Gasteiger partial charge < -0.3 is 14.2 Å². The van der Waals surface area contributed by atoms with Crippen LogP contribution in [0.2, 0.25) is 0 Å². The first-order valence-corrected chi connectivity index (χ1v) is 10.7. The summed E-state index contributed by atoms with van der Waals surface area (Å²) in [5.74, 6) is 2.58. The summed E-state index contributed by atoms with van der Waals surface area (Å²) in [5, 5.41) is 0. The number of hydrogen-bond acceptors (Lipinski definition) is 4. The molecule has 0 bridgehead atoms. The van der Waals surface area contributed by atoms with E-state index in [4.69, 9.17) is 14.2 Å². The van der Waals surface area contributed by atoms with Gasteiger partial charge in [0.15, 0.2) is 5.78 Å². The van der Waals surface area contributed by atoms with Crippen molar-refractivity contribution < 1.29 is 19.0 Å². The molecule has 0 aromatic heterocycles. The molecule has 0 fully saturated rings. The van der Waals surface area contributed by atoms with Gasteiger partial charge in [-0.05, 0) is 74.2 Å². The number of allylic oxidation sites excluding steroid dienone is 3. The van der Waals surface area contributed by atoms with Gasteiger partial charge in [-0.3, -0.25) is 4.79 Å². The molecule has 0 unspecified atom stereocenters. The lowest BCUT2D eigenvalue weighted by Crippen LogP contribution is -2.04. The summed E-state index contributed by atoms with van der Waals surface area (Å²) in [6.45, 7) is 14.6. The lowest BCUT2D eigenvalue weighted by atomic mass is 10.0. The molecule has 0 amide bonds. The molecule has 2 aromatic rings. The molecule has 0 radical (unpaired) electrons. The van der Waals surface area contributed by atoms with Crippen molar-refractivity contribution in [3.05, 3.63) is 84.2 Å². The van der Waals surface area contributed by atoms with E-state index in [2.05, 4.69) is 27.0 Å². The second kappa shape index (κ2) is 12.4. The number of ketones is 1. The maximum absolute atomic E-state index is 12.8. The molecule has 0 aliphatic heterocycles. The predicted molar refractivity (Wildman–Crippen MR) is 127 cm³/mol. The Morgan fingerprint density at radius 2 is 1.68 bits per heavy atom. The van der Waals surface area contributed by atoms with E-state index < -0.39 is 0 Å². The minimum absolute atomic E-state index is 0.112. The molecule has 164 valence electrons. The van der Waals surface area contributed by atoms with Crippen molar-refractivity contribution in [2.45, 2.75) is 40.0 Å². The number of hydrogen-bond donors (Lipinski definition) is 0. The van der Waals surface area contributed by atoms with E-state index in [9.17, 15) is 4.79 Å². The zero-order valence-electron chi connectivity index (χ0n) is 18.8. The second-order valence-electron chi connectivity index (χ2n) is 7.18. The summed E-state index contributed by atoms with van der Waals surface area (Å²) >= 11 is 0. The summed E-state index contributed by atoms with van der Waals surface area (Å²) in [6, 6.07) is 10.9. The monoisotopic (exact) mass is 420 g/mol. The Kier molecular flexibility index (Phi) is 9.63. The van der Waals surface area contributed by atoms with Gasteiger partial charge in [0.25, 0.3) is 0 Å². The maximum atomic E-state index is 12.8. The van der Waals surface area contributed by atoms with Gasteiger partial charge in [0, 0.05) is 5.56 Å². The first-order chi connectivity index (χ1) is 15.0. The van der Waals surface area contributed by atoms with Crippen LogP contribution in [0.4, 0.5) is 0 Å². The minimum Gasteiger partial charge on any atom is -0.493 e. The highest BCUT2D eigenvalue weighted by molar-refractivity contribution is 6.07. The van der Waals surface area contributed by atoms with Crippen LogP contribution in [-0.4, -0.2) is 19.0 Å². The highest BCUT2D eigenvalue weighted by atomic mass is 16.5. The fraction of sp³-hybridized carbons (Fsp3) is 0.296. The quantitative estimate of drug-likeness (QED) is 0.155. The summed E-state index contributed by atoms with van der Waals surface area (Å²) in [6.07, 6.45) is 7.62. The van der Waals surface area contributed by atoms with E-state index >= 15 is 0 Å². The number of benzene rings is 2. The molecule has 31 heavy (non-hydrogen) atoms. The Morgan fingerprint density at radius 3 is 2.29 bits per heavy atom. The van der Waals surface area contributed by atoms with Gasteiger partial charge in [-0.25, -0.2) is 0 Å². The van der Waals surface area contributed by atoms with E-state index in [1.807, 2.05) is 18.2 Å². The standard InChI is InChI=1S/C27H32O4/c1-6-9-22-12-17-26(29-18-7-2)24(27(22)30-19-8-3)15-16-25(28)21-10-13-23(14-11-21)31-20(4)5/h6,10-17H,1,4,7-9,18-19H2,2-3,5H3/b16-15+. The van der Waals surface area contributed by atoms with Crippen molar-refractivity contribution in [2.24, 2.45) is 0 Å². The third kappa shape index (κ3) is 7.18. The molecule has 2 aromatic carbocycles.